The highest BCUT2D eigenvalue weighted by atomic mass is 35.5. The summed E-state index contributed by atoms with van der Waals surface area (Å²) in [5.41, 5.74) is 5.83. The predicted molar refractivity (Wildman–Crippen MR) is 142 cm³/mol. The van der Waals surface area contributed by atoms with Crippen molar-refractivity contribution in [2.24, 2.45) is 0 Å². The molecular formula is C26H36ClN7O. The van der Waals surface area contributed by atoms with E-state index in [2.05, 4.69) is 62.0 Å². The maximum Gasteiger partial charge on any atom is 0.273 e. The number of aromatic nitrogens is 4. The molecule has 2 N–H and O–H groups in total. The highest BCUT2D eigenvalue weighted by Crippen LogP contribution is 2.32. The van der Waals surface area contributed by atoms with Gasteiger partial charge in [-0.3, -0.25) is 9.78 Å². The summed E-state index contributed by atoms with van der Waals surface area (Å²) in [5.74, 6) is -0.223. The number of likely N-dealkylation sites (N-methyl/N-ethyl adjacent to an activating group) is 1. The van der Waals surface area contributed by atoms with Crippen molar-refractivity contribution in [3.63, 3.8) is 0 Å². The molecule has 9 heteroatoms. The van der Waals surface area contributed by atoms with Crippen molar-refractivity contribution >= 4 is 24.0 Å². The first kappa shape index (κ1) is 26.6. The Labute approximate surface area is 213 Å². The van der Waals surface area contributed by atoms with Crippen LogP contribution in [0, 0.1) is 6.92 Å². The van der Waals surface area contributed by atoms with E-state index in [1.165, 1.54) is 24.1 Å². The molecule has 1 aromatic carbocycles. The number of halogens is 1. The Morgan fingerprint density at radius 3 is 2.71 bits per heavy atom. The lowest BCUT2D eigenvalue weighted by Crippen LogP contribution is -2.44. The Morgan fingerprint density at radius 2 is 2.03 bits per heavy atom. The molecule has 1 aliphatic heterocycles. The molecule has 35 heavy (non-hydrogen) atoms. The third kappa shape index (κ3) is 6.18. The van der Waals surface area contributed by atoms with Gasteiger partial charge in [0.2, 0.25) is 0 Å². The minimum Gasteiger partial charge on any atom is -0.368 e. The minimum atomic E-state index is -0.223. The highest BCUT2D eigenvalue weighted by molar-refractivity contribution is 5.91. The minimum absolute atomic E-state index is 0. The molecule has 188 valence electrons. The molecule has 3 aromatic rings. The van der Waals surface area contributed by atoms with Crippen LogP contribution in [0.15, 0.2) is 42.9 Å². The Balaban J connectivity index is 0.00000342. The average molecular weight is 498 g/mol. The third-order valence-corrected chi connectivity index (χ3v) is 6.48. The molecule has 0 spiro atoms. The second-order valence-electron chi connectivity index (χ2n) is 10.0. The van der Waals surface area contributed by atoms with Gasteiger partial charge in [-0.15, -0.1) is 17.5 Å². The number of nitrogens with zero attached hydrogens (tertiary/aromatic N) is 5. The second kappa shape index (κ2) is 11.2. The number of benzene rings is 1. The van der Waals surface area contributed by atoms with E-state index in [4.69, 9.17) is 0 Å². The van der Waals surface area contributed by atoms with Crippen LogP contribution in [0.5, 0.6) is 0 Å². The Kier molecular flexibility index (Phi) is 8.51. The summed E-state index contributed by atoms with van der Waals surface area (Å²) in [6, 6.07) is 9.00. The van der Waals surface area contributed by atoms with Gasteiger partial charge in [0.1, 0.15) is 0 Å². The first-order valence-electron chi connectivity index (χ1n) is 11.9. The molecule has 1 amide bonds. The quantitative estimate of drug-likeness (QED) is 0.536. The highest BCUT2D eigenvalue weighted by Gasteiger charge is 2.22. The standard InChI is InChI=1S/C26H35N7O.ClH/c1-18-13-19(22-10-11-28-15-24(22)32-12-6-7-21(16-32)27-5)8-9-20(18)14-29-25(34)23-17-33(31-30-23)26(2,3)4;/h8-11,13,15,17,21,27H,6-7,12,14,16H2,1-5H3,(H,29,34);1H. The van der Waals surface area contributed by atoms with E-state index in [0.29, 0.717) is 18.3 Å². The van der Waals surface area contributed by atoms with Crippen LogP contribution in [0.25, 0.3) is 11.1 Å². The topological polar surface area (TPSA) is 88.0 Å². The molecule has 3 heterocycles. The fraction of sp³-hybridized carbons (Fsp3) is 0.462. The number of hydrogen-bond acceptors (Lipinski definition) is 6. The molecule has 1 fully saturated rings. The van der Waals surface area contributed by atoms with Gasteiger partial charge >= 0.3 is 0 Å². The van der Waals surface area contributed by atoms with Crippen molar-refractivity contribution < 1.29 is 4.79 Å². The number of anilines is 1. The Hall–Kier alpha value is -2.97. The molecule has 8 nitrogen and oxygen atoms in total. The number of amides is 1. The van der Waals surface area contributed by atoms with Crippen molar-refractivity contribution in [2.75, 3.05) is 25.0 Å². The van der Waals surface area contributed by atoms with Crippen LogP contribution < -0.4 is 15.5 Å². The SMILES string of the molecule is CNC1CCCN(c2cnccc2-c2ccc(CNC(=O)c3cn(C(C)(C)C)nn3)c(C)c2)C1.Cl. The Bertz CT molecular complexity index is 1150. The number of pyridine rings is 1. The molecule has 2 aromatic heterocycles. The van der Waals surface area contributed by atoms with Gasteiger partial charge in [-0.05, 0) is 70.3 Å². The number of carbonyl (C=O) groups excluding carboxylic acids is 1. The molecular weight excluding hydrogens is 462 g/mol. The summed E-state index contributed by atoms with van der Waals surface area (Å²) in [6.07, 6.45) is 7.89. The van der Waals surface area contributed by atoms with Crippen molar-refractivity contribution in [3.05, 3.63) is 59.7 Å². The zero-order valence-corrected chi connectivity index (χ0v) is 22.0. The van der Waals surface area contributed by atoms with Crippen molar-refractivity contribution in [2.45, 2.75) is 58.7 Å². The van der Waals surface area contributed by atoms with Crippen LogP contribution in [0.2, 0.25) is 0 Å². The lowest BCUT2D eigenvalue weighted by atomic mass is 9.97. The second-order valence-corrected chi connectivity index (χ2v) is 10.0. The summed E-state index contributed by atoms with van der Waals surface area (Å²) in [5, 5.41) is 14.5. The van der Waals surface area contributed by atoms with Gasteiger partial charge in [-0.1, -0.05) is 23.4 Å². The number of rotatable bonds is 6. The molecule has 0 radical (unpaired) electrons. The summed E-state index contributed by atoms with van der Waals surface area (Å²) >= 11 is 0. The summed E-state index contributed by atoms with van der Waals surface area (Å²) < 4.78 is 1.70. The zero-order valence-electron chi connectivity index (χ0n) is 21.2. The van der Waals surface area contributed by atoms with E-state index >= 15 is 0 Å². The molecule has 1 aliphatic rings. The first-order chi connectivity index (χ1) is 16.3. The van der Waals surface area contributed by atoms with E-state index in [9.17, 15) is 4.79 Å². The molecule has 1 unspecified atom stereocenters. The summed E-state index contributed by atoms with van der Waals surface area (Å²) in [7, 11) is 2.03. The van der Waals surface area contributed by atoms with Gasteiger partial charge in [-0.2, -0.15) is 0 Å². The van der Waals surface area contributed by atoms with Gasteiger partial charge < -0.3 is 15.5 Å². The van der Waals surface area contributed by atoms with Crippen LogP contribution in [0.1, 0.15) is 55.2 Å². The molecule has 1 saturated heterocycles. The first-order valence-corrected chi connectivity index (χ1v) is 11.9. The maximum absolute atomic E-state index is 12.6. The lowest BCUT2D eigenvalue weighted by molar-refractivity contribution is 0.0945. The van der Waals surface area contributed by atoms with E-state index < -0.39 is 0 Å². The molecule has 4 rings (SSSR count). The molecule has 1 atom stereocenters. The van der Waals surface area contributed by atoms with Gasteiger partial charge in [0.05, 0.1) is 23.6 Å². The van der Waals surface area contributed by atoms with Gasteiger partial charge in [0.15, 0.2) is 5.69 Å². The van der Waals surface area contributed by atoms with Crippen LogP contribution >= 0.6 is 12.4 Å². The van der Waals surface area contributed by atoms with E-state index in [0.717, 1.165) is 29.8 Å². The van der Waals surface area contributed by atoms with Crippen molar-refractivity contribution in [1.29, 1.82) is 0 Å². The average Bonchev–Trinajstić information content (AvgIpc) is 3.34. The van der Waals surface area contributed by atoms with Crippen LogP contribution in [-0.2, 0) is 12.1 Å². The third-order valence-electron chi connectivity index (χ3n) is 6.48. The number of piperidine rings is 1. The molecule has 0 aliphatic carbocycles. The summed E-state index contributed by atoms with van der Waals surface area (Å²) in [6.45, 7) is 10.6. The predicted octanol–water partition coefficient (Wildman–Crippen LogP) is 3.94. The number of nitrogens with one attached hydrogen (secondary N) is 2. The number of aryl methyl sites for hydroxylation is 1. The molecule has 0 saturated carbocycles. The fourth-order valence-electron chi connectivity index (χ4n) is 4.34. The fourth-order valence-corrected chi connectivity index (χ4v) is 4.34. The van der Waals surface area contributed by atoms with Crippen molar-refractivity contribution in [3.8, 4) is 11.1 Å². The van der Waals surface area contributed by atoms with Gasteiger partial charge in [0.25, 0.3) is 5.91 Å². The van der Waals surface area contributed by atoms with Gasteiger partial charge in [-0.25, -0.2) is 4.68 Å². The lowest BCUT2D eigenvalue weighted by Gasteiger charge is -2.35. The van der Waals surface area contributed by atoms with Crippen LogP contribution in [0.3, 0.4) is 0 Å². The van der Waals surface area contributed by atoms with Crippen LogP contribution in [0.4, 0.5) is 5.69 Å². The Morgan fingerprint density at radius 1 is 1.23 bits per heavy atom. The van der Waals surface area contributed by atoms with E-state index in [-0.39, 0.29) is 23.9 Å². The zero-order chi connectivity index (χ0) is 24.3. The van der Waals surface area contributed by atoms with Crippen molar-refractivity contribution in [1.82, 2.24) is 30.6 Å². The van der Waals surface area contributed by atoms with Gasteiger partial charge in [0, 0.05) is 37.4 Å². The van der Waals surface area contributed by atoms with E-state index in [1.54, 1.807) is 10.9 Å². The van der Waals surface area contributed by atoms with Crippen LogP contribution in [-0.4, -0.2) is 52.1 Å². The largest absolute Gasteiger partial charge is 0.368 e. The maximum atomic E-state index is 12.6. The normalized spacial score (nSPS) is 16.0. The van der Waals surface area contributed by atoms with E-state index in [1.807, 2.05) is 40.2 Å². The molecule has 0 bridgehead atoms. The monoisotopic (exact) mass is 497 g/mol. The number of carbonyl (C=O) groups is 1. The number of hydrogen-bond donors (Lipinski definition) is 2. The summed E-state index contributed by atoms with van der Waals surface area (Å²) in [4.78, 5) is 19.4. The smallest absolute Gasteiger partial charge is 0.273 e.